The fourth-order valence-corrected chi connectivity index (χ4v) is 3.44. The third-order valence-corrected chi connectivity index (χ3v) is 4.95. The van der Waals surface area contributed by atoms with Crippen LogP contribution in [0.2, 0.25) is 0 Å². The molecule has 7 heteroatoms. The first-order valence-electron chi connectivity index (χ1n) is 8.45. The van der Waals surface area contributed by atoms with E-state index >= 15 is 0 Å². The Kier molecular flexibility index (Phi) is 4.53. The summed E-state index contributed by atoms with van der Waals surface area (Å²) < 4.78 is 8.49. The highest BCUT2D eigenvalue weighted by atomic mass is 79.9. The number of hydrogen-bond donors (Lipinski definition) is 1. The lowest BCUT2D eigenvalue weighted by Gasteiger charge is -2.08. The third kappa shape index (κ3) is 3.50. The van der Waals surface area contributed by atoms with Crippen molar-refractivity contribution in [2.75, 3.05) is 5.32 Å². The van der Waals surface area contributed by atoms with Gasteiger partial charge >= 0.3 is 0 Å². The lowest BCUT2D eigenvalue weighted by molar-refractivity contribution is 0.0995. The lowest BCUT2D eigenvalue weighted by atomic mass is 10.2. The van der Waals surface area contributed by atoms with Gasteiger partial charge in [0.2, 0.25) is 0 Å². The van der Waals surface area contributed by atoms with Crippen molar-refractivity contribution in [3.8, 4) is 0 Å². The molecule has 0 bridgehead atoms. The van der Waals surface area contributed by atoms with E-state index in [1.807, 2.05) is 48.9 Å². The zero-order valence-electron chi connectivity index (χ0n) is 14.9. The van der Waals surface area contributed by atoms with E-state index in [0.717, 1.165) is 26.8 Å². The van der Waals surface area contributed by atoms with Crippen molar-refractivity contribution in [1.29, 1.82) is 0 Å². The van der Waals surface area contributed by atoms with Gasteiger partial charge in [0.1, 0.15) is 5.76 Å². The summed E-state index contributed by atoms with van der Waals surface area (Å²) in [4.78, 5) is 17.0. The Hall–Kier alpha value is -2.93. The SMILES string of the molecule is Cc1cc(C)n(Cc2ccc(C(=O)Nc3ccc(Br)c4cccnc34)o2)n1. The molecule has 0 fully saturated rings. The summed E-state index contributed by atoms with van der Waals surface area (Å²) in [5.41, 5.74) is 3.35. The number of hydrogen-bond acceptors (Lipinski definition) is 4. The Labute approximate surface area is 164 Å². The first kappa shape index (κ1) is 17.5. The molecule has 0 aliphatic heterocycles. The number of anilines is 1. The number of furan rings is 1. The van der Waals surface area contributed by atoms with Crippen LogP contribution in [0.25, 0.3) is 10.9 Å². The standard InChI is InChI=1S/C20H17BrN4O2/c1-12-10-13(2)25(24-12)11-14-5-8-18(27-14)20(26)23-17-7-6-16(21)15-4-3-9-22-19(15)17/h3-10H,11H2,1-2H3,(H,23,26). The summed E-state index contributed by atoms with van der Waals surface area (Å²) in [5.74, 6) is 0.604. The maximum absolute atomic E-state index is 12.6. The topological polar surface area (TPSA) is 73.0 Å². The van der Waals surface area contributed by atoms with Gasteiger partial charge in [0.15, 0.2) is 5.76 Å². The molecule has 0 radical (unpaired) electrons. The Morgan fingerprint density at radius 3 is 2.85 bits per heavy atom. The van der Waals surface area contributed by atoms with E-state index in [9.17, 15) is 4.79 Å². The smallest absolute Gasteiger partial charge is 0.291 e. The van der Waals surface area contributed by atoms with Gasteiger partial charge in [-0.15, -0.1) is 0 Å². The predicted octanol–water partition coefficient (Wildman–Crippen LogP) is 4.70. The second-order valence-corrected chi connectivity index (χ2v) is 7.15. The van der Waals surface area contributed by atoms with Crippen LogP contribution in [0.1, 0.15) is 27.7 Å². The number of aryl methyl sites for hydroxylation is 2. The van der Waals surface area contributed by atoms with Crippen LogP contribution in [0.4, 0.5) is 5.69 Å². The van der Waals surface area contributed by atoms with Gasteiger partial charge in [-0.05, 0) is 50.2 Å². The largest absolute Gasteiger partial charge is 0.454 e. The minimum absolute atomic E-state index is 0.249. The number of fused-ring (bicyclic) bond motifs is 1. The van der Waals surface area contributed by atoms with E-state index in [-0.39, 0.29) is 11.7 Å². The summed E-state index contributed by atoms with van der Waals surface area (Å²) in [6.07, 6.45) is 1.70. The normalized spacial score (nSPS) is 11.1. The lowest BCUT2D eigenvalue weighted by Crippen LogP contribution is -2.11. The number of aromatic nitrogens is 3. The highest BCUT2D eigenvalue weighted by Gasteiger charge is 2.15. The Morgan fingerprint density at radius 1 is 1.22 bits per heavy atom. The van der Waals surface area contributed by atoms with Gasteiger partial charge < -0.3 is 9.73 Å². The first-order chi connectivity index (χ1) is 13.0. The molecular formula is C20H17BrN4O2. The molecule has 0 saturated heterocycles. The highest BCUT2D eigenvalue weighted by Crippen LogP contribution is 2.28. The molecule has 1 aromatic carbocycles. The molecule has 3 aromatic heterocycles. The fraction of sp³-hybridized carbons (Fsp3) is 0.150. The average Bonchev–Trinajstić information content (AvgIpc) is 3.24. The van der Waals surface area contributed by atoms with Crippen molar-refractivity contribution in [2.24, 2.45) is 0 Å². The molecule has 0 atom stereocenters. The van der Waals surface area contributed by atoms with Crippen molar-refractivity contribution in [3.05, 3.63) is 76.0 Å². The quantitative estimate of drug-likeness (QED) is 0.514. The van der Waals surface area contributed by atoms with Crippen LogP contribution in [0, 0.1) is 13.8 Å². The summed E-state index contributed by atoms with van der Waals surface area (Å²) in [7, 11) is 0. The first-order valence-corrected chi connectivity index (χ1v) is 9.25. The summed E-state index contributed by atoms with van der Waals surface area (Å²) in [6.45, 7) is 4.42. The summed E-state index contributed by atoms with van der Waals surface area (Å²) >= 11 is 3.51. The second-order valence-electron chi connectivity index (χ2n) is 6.30. The molecule has 4 rings (SSSR count). The Balaban J connectivity index is 1.55. The minimum atomic E-state index is -0.316. The highest BCUT2D eigenvalue weighted by molar-refractivity contribution is 9.10. The number of nitrogens with one attached hydrogen (secondary N) is 1. The molecule has 0 spiro atoms. The minimum Gasteiger partial charge on any atom is -0.454 e. The Morgan fingerprint density at radius 2 is 2.07 bits per heavy atom. The maximum Gasteiger partial charge on any atom is 0.291 e. The molecule has 4 aromatic rings. The van der Waals surface area contributed by atoms with E-state index < -0.39 is 0 Å². The molecular weight excluding hydrogens is 408 g/mol. The van der Waals surface area contributed by atoms with Crippen LogP contribution in [0.5, 0.6) is 0 Å². The number of pyridine rings is 1. The van der Waals surface area contributed by atoms with E-state index in [4.69, 9.17) is 4.42 Å². The number of rotatable bonds is 4. The number of benzene rings is 1. The van der Waals surface area contributed by atoms with Crippen LogP contribution in [-0.4, -0.2) is 20.7 Å². The molecule has 1 N–H and O–H groups in total. The van der Waals surface area contributed by atoms with E-state index in [1.165, 1.54) is 0 Å². The zero-order chi connectivity index (χ0) is 19.0. The van der Waals surface area contributed by atoms with Crippen LogP contribution >= 0.6 is 15.9 Å². The average molecular weight is 425 g/mol. The van der Waals surface area contributed by atoms with Gasteiger partial charge in [0.05, 0.1) is 23.4 Å². The molecule has 27 heavy (non-hydrogen) atoms. The van der Waals surface area contributed by atoms with Crippen LogP contribution < -0.4 is 5.32 Å². The molecule has 6 nitrogen and oxygen atoms in total. The van der Waals surface area contributed by atoms with E-state index in [1.54, 1.807) is 18.3 Å². The van der Waals surface area contributed by atoms with E-state index in [0.29, 0.717) is 18.0 Å². The molecule has 1 amide bonds. The monoisotopic (exact) mass is 424 g/mol. The van der Waals surface area contributed by atoms with Crippen molar-refractivity contribution in [2.45, 2.75) is 20.4 Å². The molecule has 0 aliphatic carbocycles. The molecule has 3 heterocycles. The van der Waals surface area contributed by atoms with Gasteiger partial charge in [-0.2, -0.15) is 5.10 Å². The van der Waals surface area contributed by atoms with Crippen molar-refractivity contribution < 1.29 is 9.21 Å². The van der Waals surface area contributed by atoms with Crippen molar-refractivity contribution >= 4 is 38.4 Å². The summed E-state index contributed by atoms with van der Waals surface area (Å²) in [5, 5.41) is 8.23. The number of carbonyl (C=O) groups is 1. The van der Waals surface area contributed by atoms with Gasteiger partial charge in [0.25, 0.3) is 5.91 Å². The maximum atomic E-state index is 12.6. The third-order valence-electron chi connectivity index (χ3n) is 4.26. The second kappa shape index (κ2) is 7.00. The zero-order valence-corrected chi connectivity index (χ0v) is 16.4. The van der Waals surface area contributed by atoms with Gasteiger partial charge in [-0.25, -0.2) is 0 Å². The van der Waals surface area contributed by atoms with Crippen LogP contribution in [0.15, 0.2) is 57.6 Å². The number of nitrogens with zero attached hydrogens (tertiary/aromatic N) is 3. The molecule has 0 saturated carbocycles. The van der Waals surface area contributed by atoms with Gasteiger partial charge in [0, 0.05) is 21.7 Å². The Bertz CT molecular complexity index is 1150. The van der Waals surface area contributed by atoms with Crippen molar-refractivity contribution in [1.82, 2.24) is 14.8 Å². The van der Waals surface area contributed by atoms with E-state index in [2.05, 4.69) is 31.3 Å². The number of halogens is 1. The van der Waals surface area contributed by atoms with Crippen molar-refractivity contribution in [3.63, 3.8) is 0 Å². The van der Waals surface area contributed by atoms with Gasteiger partial charge in [-0.1, -0.05) is 22.0 Å². The molecule has 0 unspecified atom stereocenters. The molecule has 0 aliphatic rings. The fourth-order valence-electron chi connectivity index (χ4n) is 2.99. The number of amides is 1. The van der Waals surface area contributed by atoms with Gasteiger partial charge in [-0.3, -0.25) is 14.5 Å². The van der Waals surface area contributed by atoms with Crippen LogP contribution in [0.3, 0.4) is 0 Å². The molecule has 136 valence electrons. The number of carbonyl (C=O) groups excluding carboxylic acids is 1. The van der Waals surface area contributed by atoms with Crippen LogP contribution in [-0.2, 0) is 6.54 Å². The summed E-state index contributed by atoms with van der Waals surface area (Å²) in [6, 6.07) is 13.0. The predicted molar refractivity (Wildman–Crippen MR) is 107 cm³/mol.